The fraction of sp³-hybridized carbons (Fsp3) is 0.250. The fourth-order valence-corrected chi connectivity index (χ4v) is 3.05. The van der Waals surface area contributed by atoms with Crippen LogP contribution in [0.1, 0.15) is 22.3 Å². The second kappa shape index (κ2) is 7.21. The van der Waals surface area contributed by atoms with E-state index in [2.05, 4.69) is 28.8 Å². The van der Waals surface area contributed by atoms with Crippen molar-refractivity contribution in [3.8, 4) is 11.5 Å². The molecule has 1 heterocycles. The highest BCUT2D eigenvalue weighted by atomic mass is 16.5. The third-order valence-corrected chi connectivity index (χ3v) is 4.24. The maximum atomic E-state index is 11.5. The van der Waals surface area contributed by atoms with E-state index < -0.39 is 0 Å². The minimum Gasteiger partial charge on any atom is -0.497 e. The second-order valence-electron chi connectivity index (χ2n) is 5.71. The molecule has 3 aromatic rings. The number of aromatic nitrogens is 1. The lowest BCUT2D eigenvalue weighted by Gasteiger charge is -2.09. The normalized spacial score (nSPS) is 10.8. The van der Waals surface area contributed by atoms with Crippen LogP contribution in [0.15, 0.2) is 48.7 Å². The van der Waals surface area contributed by atoms with Gasteiger partial charge in [-0.15, -0.1) is 0 Å². The first kappa shape index (κ1) is 16.1. The van der Waals surface area contributed by atoms with Gasteiger partial charge in [0.15, 0.2) is 6.29 Å². The van der Waals surface area contributed by atoms with Crippen LogP contribution in [0.4, 0.5) is 0 Å². The summed E-state index contributed by atoms with van der Waals surface area (Å²) in [5.74, 6) is 1.38. The van der Waals surface area contributed by atoms with Crippen molar-refractivity contribution in [2.75, 3.05) is 14.2 Å². The van der Waals surface area contributed by atoms with Gasteiger partial charge in [-0.3, -0.25) is 4.79 Å². The summed E-state index contributed by atoms with van der Waals surface area (Å²) < 4.78 is 12.9. The number of carbonyl (C=O) groups is 1. The van der Waals surface area contributed by atoms with Gasteiger partial charge in [0.25, 0.3) is 0 Å². The summed E-state index contributed by atoms with van der Waals surface area (Å²) in [6.07, 6.45) is 4.76. The van der Waals surface area contributed by atoms with E-state index in [1.165, 1.54) is 5.56 Å². The Morgan fingerprint density at radius 3 is 2.54 bits per heavy atom. The summed E-state index contributed by atoms with van der Waals surface area (Å²) in [5.41, 5.74) is 2.92. The Labute approximate surface area is 141 Å². The summed E-state index contributed by atoms with van der Waals surface area (Å²) in [6, 6.07) is 14.2. The van der Waals surface area contributed by atoms with Crippen LogP contribution in [-0.2, 0) is 13.0 Å². The Bertz CT molecular complexity index is 837. The minimum absolute atomic E-state index is 0.643. The van der Waals surface area contributed by atoms with Crippen LogP contribution in [-0.4, -0.2) is 25.1 Å². The summed E-state index contributed by atoms with van der Waals surface area (Å²) in [6.45, 7) is 0.829. The number of benzene rings is 2. The molecule has 24 heavy (non-hydrogen) atoms. The fourth-order valence-electron chi connectivity index (χ4n) is 3.05. The average Bonchev–Trinajstić information content (AvgIpc) is 2.99. The maximum absolute atomic E-state index is 11.5. The maximum Gasteiger partial charge on any atom is 0.152 e. The van der Waals surface area contributed by atoms with Gasteiger partial charge in [-0.1, -0.05) is 30.3 Å². The van der Waals surface area contributed by atoms with Crippen molar-refractivity contribution in [3.63, 3.8) is 0 Å². The predicted octanol–water partition coefficient (Wildman–Crippen LogP) is 4.10. The number of aryl methyl sites for hydroxylation is 2. The molecule has 0 bridgehead atoms. The summed E-state index contributed by atoms with van der Waals surface area (Å²) in [4.78, 5) is 11.5. The van der Waals surface area contributed by atoms with Crippen LogP contribution in [0.25, 0.3) is 10.9 Å². The molecule has 0 N–H and O–H groups in total. The lowest BCUT2D eigenvalue weighted by atomic mass is 10.1. The molecule has 0 radical (unpaired) electrons. The lowest BCUT2D eigenvalue weighted by Crippen LogP contribution is -1.98. The third-order valence-electron chi connectivity index (χ3n) is 4.24. The van der Waals surface area contributed by atoms with Gasteiger partial charge in [0.1, 0.15) is 11.5 Å². The Balaban J connectivity index is 1.91. The monoisotopic (exact) mass is 323 g/mol. The molecular formula is C20H21NO3. The van der Waals surface area contributed by atoms with E-state index in [1.807, 2.05) is 24.4 Å². The Morgan fingerprint density at radius 2 is 1.88 bits per heavy atom. The highest BCUT2D eigenvalue weighted by molar-refractivity contribution is 6.02. The van der Waals surface area contributed by atoms with E-state index >= 15 is 0 Å². The molecule has 124 valence electrons. The first-order chi connectivity index (χ1) is 11.8. The molecule has 0 saturated carbocycles. The van der Waals surface area contributed by atoms with Crippen molar-refractivity contribution in [2.45, 2.75) is 19.4 Å². The highest BCUT2D eigenvalue weighted by Gasteiger charge is 2.15. The summed E-state index contributed by atoms with van der Waals surface area (Å²) >= 11 is 0. The van der Waals surface area contributed by atoms with Crippen molar-refractivity contribution < 1.29 is 14.3 Å². The largest absolute Gasteiger partial charge is 0.497 e. The molecule has 0 unspecified atom stereocenters. The number of methoxy groups -OCH3 is 2. The van der Waals surface area contributed by atoms with Crippen LogP contribution >= 0.6 is 0 Å². The van der Waals surface area contributed by atoms with E-state index in [1.54, 1.807) is 14.2 Å². The van der Waals surface area contributed by atoms with Gasteiger partial charge < -0.3 is 14.0 Å². The number of nitrogens with zero attached hydrogens (tertiary/aromatic N) is 1. The average molecular weight is 323 g/mol. The number of hydrogen-bond acceptors (Lipinski definition) is 3. The molecule has 4 heteroatoms. The van der Waals surface area contributed by atoms with Crippen molar-refractivity contribution in [3.05, 3.63) is 59.8 Å². The summed E-state index contributed by atoms with van der Waals surface area (Å²) in [7, 11) is 3.24. The smallest absolute Gasteiger partial charge is 0.152 e. The van der Waals surface area contributed by atoms with Gasteiger partial charge in [-0.05, 0) is 18.4 Å². The number of carbonyl (C=O) groups excluding carboxylic acids is 1. The molecule has 0 spiro atoms. The van der Waals surface area contributed by atoms with E-state index in [0.717, 1.165) is 42.3 Å². The van der Waals surface area contributed by atoms with Gasteiger partial charge in [-0.25, -0.2) is 0 Å². The molecule has 0 amide bonds. The number of hydrogen-bond donors (Lipinski definition) is 0. The second-order valence-corrected chi connectivity index (χ2v) is 5.71. The highest BCUT2D eigenvalue weighted by Crippen LogP contribution is 2.34. The zero-order chi connectivity index (χ0) is 16.9. The third kappa shape index (κ3) is 3.13. The quantitative estimate of drug-likeness (QED) is 0.615. The van der Waals surface area contributed by atoms with E-state index in [9.17, 15) is 4.79 Å². The standard InChI is InChI=1S/C20H21NO3/c1-23-17-11-18-20(19(12-17)24-2)16(14-22)13-21(18)10-6-9-15-7-4-3-5-8-15/h3-5,7-8,11-14H,6,9-10H2,1-2H3. The van der Waals surface area contributed by atoms with Crippen LogP contribution in [0.3, 0.4) is 0 Å². The van der Waals surface area contributed by atoms with Crippen LogP contribution < -0.4 is 9.47 Å². The van der Waals surface area contributed by atoms with E-state index in [4.69, 9.17) is 9.47 Å². The molecule has 0 aliphatic carbocycles. The molecule has 0 aliphatic heterocycles. The van der Waals surface area contributed by atoms with Crippen LogP contribution in [0, 0.1) is 0 Å². The van der Waals surface area contributed by atoms with Crippen molar-refractivity contribution in [1.29, 1.82) is 0 Å². The molecule has 4 nitrogen and oxygen atoms in total. The van der Waals surface area contributed by atoms with E-state index in [0.29, 0.717) is 11.3 Å². The first-order valence-corrected chi connectivity index (χ1v) is 8.00. The van der Waals surface area contributed by atoms with Crippen LogP contribution in [0.5, 0.6) is 11.5 Å². The molecule has 0 atom stereocenters. The van der Waals surface area contributed by atoms with Crippen LogP contribution in [0.2, 0.25) is 0 Å². The Kier molecular flexibility index (Phi) is 4.85. The molecule has 3 rings (SSSR count). The topological polar surface area (TPSA) is 40.5 Å². The van der Waals surface area contributed by atoms with Gasteiger partial charge in [0, 0.05) is 30.4 Å². The zero-order valence-electron chi connectivity index (χ0n) is 14.0. The molecule has 0 aliphatic rings. The number of rotatable bonds is 7. The summed E-state index contributed by atoms with van der Waals surface area (Å²) in [5, 5.41) is 0.841. The van der Waals surface area contributed by atoms with Crippen molar-refractivity contribution in [2.24, 2.45) is 0 Å². The molecule has 0 saturated heterocycles. The minimum atomic E-state index is 0.643. The van der Waals surface area contributed by atoms with Crippen molar-refractivity contribution in [1.82, 2.24) is 4.57 Å². The molecule has 1 aromatic heterocycles. The number of fused-ring (bicyclic) bond motifs is 1. The number of ether oxygens (including phenoxy) is 2. The lowest BCUT2D eigenvalue weighted by molar-refractivity contribution is 0.112. The molecule has 2 aromatic carbocycles. The van der Waals surface area contributed by atoms with Gasteiger partial charge >= 0.3 is 0 Å². The SMILES string of the molecule is COc1cc(OC)c2c(C=O)cn(CCCc3ccccc3)c2c1. The van der Waals surface area contributed by atoms with Crippen molar-refractivity contribution >= 4 is 17.2 Å². The molecule has 0 fully saturated rings. The predicted molar refractivity (Wildman–Crippen MR) is 95.2 cm³/mol. The Morgan fingerprint density at radius 1 is 1.08 bits per heavy atom. The molecular weight excluding hydrogens is 302 g/mol. The van der Waals surface area contributed by atoms with Gasteiger partial charge in [0.2, 0.25) is 0 Å². The van der Waals surface area contributed by atoms with E-state index in [-0.39, 0.29) is 0 Å². The van der Waals surface area contributed by atoms with Gasteiger partial charge in [0.05, 0.1) is 25.1 Å². The van der Waals surface area contributed by atoms with Gasteiger partial charge in [-0.2, -0.15) is 0 Å². The number of aldehydes is 1. The Hall–Kier alpha value is -2.75. The first-order valence-electron chi connectivity index (χ1n) is 8.00. The zero-order valence-corrected chi connectivity index (χ0v) is 14.0.